The third-order valence-electron chi connectivity index (χ3n) is 5.57. The smallest absolute Gasteiger partial charge is 0.202 e. The van der Waals surface area contributed by atoms with Crippen molar-refractivity contribution in [1.29, 1.82) is 0 Å². The van der Waals surface area contributed by atoms with Gasteiger partial charge in [-0.05, 0) is 48.8 Å². The molecule has 0 saturated heterocycles. The number of ether oxygens (including phenoxy) is 2. The van der Waals surface area contributed by atoms with Gasteiger partial charge in [-0.3, -0.25) is 9.22 Å². The maximum atomic E-state index is 6.35. The van der Waals surface area contributed by atoms with Gasteiger partial charge in [-0.2, -0.15) is 0 Å². The average molecular weight is 466 g/mol. The molecule has 2 aromatic rings. The van der Waals surface area contributed by atoms with Crippen LogP contribution in [0.3, 0.4) is 0 Å². The third kappa shape index (κ3) is 9.50. The molecule has 32 heavy (non-hydrogen) atoms. The molecule has 0 bridgehead atoms. The molecule has 0 spiro atoms. The zero-order chi connectivity index (χ0) is 22.3. The first-order valence-electron chi connectivity index (χ1n) is 11.4. The van der Waals surface area contributed by atoms with Crippen LogP contribution in [0, 0.1) is 11.8 Å². The molecule has 0 heterocycles. The largest absolute Gasteiger partial charge is 1.00 e. The SMILES string of the molecule is CC(C)Cc1cccc(OC(C)OC(C)[N+](C)(C)Cc2ccccc2)c1CC(C)C.O.[Cl-]. The summed E-state index contributed by atoms with van der Waals surface area (Å²) >= 11 is 0. The molecule has 0 aliphatic rings. The minimum absolute atomic E-state index is 0. The van der Waals surface area contributed by atoms with Crippen molar-refractivity contribution in [3.8, 4) is 5.75 Å². The fourth-order valence-corrected chi connectivity index (χ4v) is 3.82. The molecule has 4 nitrogen and oxygen atoms in total. The predicted octanol–water partition coefficient (Wildman–Crippen LogP) is 2.63. The summed E-state index contributed by atoms with van der Waals surface area (Å²) in [5.74, 6) is 2.17. The van der Waals surface area contributed by atoms with Crippen LogP contribution in [0.15, 0.2) is 48.5 Å². The third-order valence-corrected chi connectivity index (χ3v) is 5.57. The summed E-state index contributed by atoms with van der Waals surface area (Å²) in [5, 5.41) is 0. The Morgan fingerprint density at radius 2 is 1.38 bits per heavy atom. The topological polar surface area (TPSA) is 50.0 Å². The van der Waals surface area contributed by atoms with Crippen LogP contribution >= 0.6 is 0 Å². The van der Waals surface area contributed by atoms with Gasteiger partial charge in [0.2, 0.25) is 6.29 Å². The van der Waals surface area contributed by atoms with Crippen molar-refractivity contribution >= 4 is 0 Å². The van der Waals surface area contributed by atoms with Crippen molar-refractivity contribution in [2.45, 2.75) is 73.4 Å². The highest BCUT2D eigenvalue weighted by molar-refractivity contribution is 5.41. The van der Waals surface area contributed by atoms with E-state index >= 15 is 0 Å². The lowest BCUT2D eigenvalue weighted by atomic mass is 9.92. The normalized spacial score (nSPS) is 13.3. The van der Waals surface area contributed by atoms with Gasteiger partial charge < -0.3 is 22.6 Å². The van der Waals surface area contributed by atoms with Gasteiger partial charge in [0.05, 0.1) is 14.1 Å². The quantitative estimate of drug-likeness (QED) is 0.378. The van der Waals surface area contributed by atoms with E-state index < -0.39 is 0 Å². The molecule has 2 aromatic carbocycles. The monoisotopic (exact) mass is 465 g/mol. The first kappa shape index (κ1) is 30.4. The zero-order valence-electron chi connectivity index (χ0n) is 21.2. The second-order valence-electron chi connectivity index (χ2n) is 9.93. The molecule has 0 fully saturated rings. The minimum Gasteiger partial charge on any atom is -1.00 e. The van der Waals surface area contributed by atoms with E-state index in [0.29, 0.717) is 11.8 Å². The summed E-state index contributed by atoms with van der Waals surface area (Å²) in [7, 11) is 4.41. The Balaban J connectivity index is 0.00000480. The van der Waals surface area contributed by atoms with Gasteiger partial charge in [-0.1, -0.05) is 70.2 Å². The fourth-order valence-electron chi connectivity index (χ4n) is 3.82. The van der Waals surface area contributed by atoms with Gasteiger partial charge in [0.1, 0.15) is 12.3 Å². The Kier molecular flexibility index (Phi) is 13.2. The maximum absolute atomic E-state index is 6.35. The molecular weight excluding hydrogens is 422 g/mol. The molecule has 0 aromatic heterocycles. The highest BCUT2D eigenvalue weighted by atomic mass is 35.5. The molecule has 0 radical (unpaired) electrons. The molecule has 182 valence electrons. The molecule has 2 N–H and O–H groups in total. The summed E-state index contributed by atoms with van der Waals surface area (Å²) < 4.78 is 13.4. The molecule has 5 heteroatoms. The lowest BCUT2D eigenvalue weighted by molar-refractivity contribution is -0.949. The Morgan fingerprint density at radius 1 is 0.781 bits per heavy atom. The van der Waals surface area contributed by atoms with Crippen molar-refractivity contribution < 1.29 is 31.8 Å². The number of hydrogen-bond acceptors (Lipinski definition) is 2. The van der Waals surface area contributed by atoms with Crippen molar-refractivity contribution in [3.05, 3.63) is 65.2 Å². The molecule has 0 amide bonds. The van der Waals surface area contributed by atoms with Crippen molar-refractivity contribution in [2.24, 2.45) is 11.8 Å². The van der Waals surface area contributed by atoms with Crippen LogP contribution in [-0.4, -0.2) is 36.6 Å². The van der Waals surface area contributed by atoms with Gasteiger partial charge in [0.25, 0.3) is 0 Å². The van der Waals surface area contributed by atoms with Crippen LogP contribution in [0.5, 0.6) is 5.75 Å². The Morgan fingerprint density at radius 3 is 1.94 bits per heavy atom. The van der Waals surface area contributed by atoms with E-state index in [1.165, 1.54) is 16.7 Å². The van der Waals surface area contributed by atoms with Crippen molar-refractivity contribution in [2.75, 3.05) is 14.1 Å². The van der Waals surface area contributed by atoms with Crippen LogP contribution in [-0.2, 0) is 24.1 Å². The van der Waals surface area contributed by atoms with Gasteiger partial charge in [0.15, 0.2) is 6.23 Å². The van der Waals surface area contributed by atoms with E-state index in [1.54, 1.807) is 0 Å². The van der Waals surface area contributed by atoms with Gasteiger partial charge in [-0.25, -0.2) is 0 Å². The van der Waals surface area contributed by atoms with Crippen LogP contribution < -0.4 is 17.1 Å². The highest BCUT2D eigenvalue weighted by Crippen LogP contribution is 2.29. The minimum atomic E-state index is -0.312. The summed E-state index contributed by atoms with van der Waals surface area (Å²) in [5.41, 5.74) is 4.05. The highest BCUT2D eigenvalue weighted by Gasteiger charge is 2.27. The fraction of sp³-hybridized carbons (Fsp3) is 0.556. The van der Waals surface area contributed by atoms with Crippen molar-refractivity contribution in [3.63, 3.8) is 0 Å². The molecule has 0 aliphatic carbocycles. The number of halogens is 1. The molecular formula is C27H44ClNO3. The van der Waals surface area contributed by atoms with E-state index in [2.05, 4.69) is 97.2 Å². The number of quaternary nitrogens is 1. The molecule has 0 aliphatic heterocycles. The van der Waals surface area contributed by atoms with E-state index in [9.17, 15) is 0 Å². The number of benzene rings is 2. The molecule has 0 saturated carbocycles. The zero-order valence-corrected chi connectivity index (χ0v) is 21.9. The summed E-state index contributed by atoms with van der Waals surface area (Å²) in [6.45, 7) is 14.1. The molecule has 2 rings (SSSR count). The standard InChI is InChI=1S/C27H42NO2.ClH.H2O/c1-20(2)17-25-15-12-16-27(26(25)18-21(3)4)30-23(6)29-22(5)28(7,8)19-24-13-10-9-11-14-24;;/h9-16,20-23H,17-19H2,1-8H3;1H;1H2/q+1;;/p-1. The summed E-state index contributed by atoms with van der Waals surface area (Å²) in [4.78, 5) is 0. The Bertz CT molecular complexity index is 778. The van der Waals surface area contributed by atoms with Gasteiger partial charge in [0, 0.05) is 12.5 Å². The first-order chi connectivity index (χ1) is 14.1. The average Bonchev–Trinajstić information content (AvgIpc) is 2.64. The van der Waals surface area contributed by atoms with Crippen molar-refractivity contribution in [1.82, 2.24) is 0 Å². The lowest BCUT2D eigenvalue weighted by Gasteiger charge is -2.37. The Hall–Kier alpha value is -1.59. The van der Waals surface area contributed by atoms with E-state index in [1.807, 2.05) is 6.92 Å². The van der Waals surface area contributed by atoms with E-state index in [-0.39, 0.29) is 30.4 Å². The van der Waals surface area contributed by atoms with E-state index in [0.717, 1.165) is 29.6 Å². The number of rotatable bonds is 11. The van der Waals surface area contributed by atoms with E-state index in [4.69, 9.17) is 9.47 Å². The maximum Gasteiger partial charge on any atom is 0.202 e. The van der Waals surface area contributed by atoms with Gasteiger partial charge in [-0.15, -0.1) is 0 Å². The lowest BCUT2D eigenvalue weighted by Crippen LogP contribution is -3.00. The summed E-state index contributed by atoms with van der Waals surface area (Å²) in [6.07, 6.45) is 1.79. The summed E-state index contributed by atoms with van der Waals surface area (Å²) in [6, 6.07) is 17.0. The second kappa shape index (κ2) is 13.8. The first-order valence-corrected chi connectivity index (χ1v) is 11.4. The Labute approximate surface area is 202 Å². The second-order valence-corrected chi connectivity index (χ2v) is 9.93. The predicted molar refractivity (Wildman–Crippen MR) is 130 cm³/mol. The van der Waals surface area contributed by atoms with Gasteiger partial charge >= 0.3 is 0 Å². The number of nitrogens with zero attached hydrogens (tertiary/aromatic N) is 1. The molecule has 2 atom stereocenters. The van der Waals surface area contributed by atoms with Crippen LogP contribution in [0.4, 0.5) is 0 Å². The number of hydrogen-bond donors (Lipinski definition) is 0. The van der Waals surface area contributed by atoms with Crippen LogP contribution in [0.25, 0.3) is 0 Å². The van der Waals surface area contributed by atoms with Crippen LogP contribution in [0.1, 0.15) is 58.2 Å². The molecule has 2 unspecified atom stereocenters. The van der Waals surface area contributed by atoms with Crippen LogP contribution in [0.2, 0.25) is 0 Å².